The number of aromatic nitrogens is 2. The summed E-state index contributed by atoms with van der Waals surface area (Å²) in [5.41, 5.74) is 9.22. The highest BCUT2D eigenvalue weighted by Crippen LogP contribution is 2.19. The molecule has 0 spiro atoms. The van der Waals surface area contributed by atoms with Crippen LogP contribution in [0, 0.1) is 0 Å². The molecule has 0 aliphatic carbocycles. The summed E-state index contributed by atoms with van der Waals surface area (Å²) in [6.07, 6.45) is 3.02. The number of nitrogens with two attached hydrogens (primary N) is 1. The molecule has 3 nitrogen and oxygen atoms in total. The van der Waals surface area contributed by atoms with Crippen LogP contribution >= 0.6 is 0 Å². The Morgan fingerprint density at radius 2 is 1.67 bits per heavy atom. The van der Waals surface area contributed by atoms with Gasteiger partial charge in [0.2, 0.25) is 0 Å². The lowest BCUT2D eigenvalue weighted by atomic mass is 10.1. The van der Waals surface area contributed by atoms with Crippen LogP contribution < -0.4 is 5.73 Å². The highest BCUT2D eigenvalue weighted by Gasteiger charge is 2.10. The molecule has 2 N–H and O–H groups in total. The molecule has 0 saturated heterocycles. The zero-order valence-corrected chi connectivity index (χ0v) is 12.2. The molecule has 0 aliphatic heterocycles. The van der Waals surface area contributed by atoms with E-state index in [1.54, 1.807) is 0 Å². The van der Waals surface area contributed by atoms with Crippen LogP contribution in [0.5, 0.6) is 0 Å². The maximum atomic E-state index is 5.62. The van der Waals surface area contributed by atoms with Crippen LogP contribution in [0.3, 0.4) is 0 Å². The van der Waals surface area contributed by atoms with E-state index in [-0.39, 0.29) is 0 Å². The molecule has 3 rings (SSSR count). The lowest BCUT2D eigenvalue weighted by molar-refractivity contribution is 0.608. The lowest BCUT2D eigenvalue weighted by Gasteiger charge is -2.09. The van der Waals surface area contributed by atoms with E-state index in [1.165, 1.54) is 11.1 Å². The van der Waals surface area contributed by atoms with E-state index in [2.05, 4.69) is 47.0 Å². The molecule has 1 heterocycles. The highest BCUT2D eigenvalue weighted by atomic mass is 15.1. The van der Waals surface area contributed by atoms with Crippen molar-refractivity contribution in [2.45, 2.75) is 25.8 Å². The SMILES string of the molecule is NCCCCn1c(Cc2ccccc2)nc2ccccc21. The number of aryl methyl sites for hydroxylation is 1. The second-order valence-electron chi connectivity index (χ2n) is 5.33. The van der Waals surface area contributed by atoms with E-state index in [0.717, 1.165) is 43.7 Å². The molecule has 0 amide bonds. The van der Waals surface area contributed by atoms with Gasteiger partial charge in [0.1, 0.15) is 5.82 Å². The van der Waals surface area contributed by atoms with E-state index < -0.39 is 0 Å². The van der Waals surface area contributed by atoms with Gasteiger partial charge in [-0.3, -0.25) is 0 Å². The van der Waals surface area contributed by atoms with Crippen molar-refractivity contribution in [3.63, 3.8) is 0 Å². The minimum atomic E-state index is 0.751. The van der Waals surface area contributed by atoms with Gasteiger partial charge < -0.3 is 10.3 Å². The number of hydrogen-bond acceptors (Lipinski definition) is 2. The minimum Gasteiger partial charge on any atom is -0.330 e. The van der Waals surface area contributed by atoms with Gasteiger partial charge in [0, 0.05) is 13.0 Å². The molecular formula is C18H21N3. The Morgan fingerprint density at radius 3 is 2.48 bits per heavy atom. The first-order chi connectivity index (χ1) is 10.4. The largest absolute Gasteiger partial charge is 0.330 e. The number of fused-ring (bicyclic) bond motifs is 1. The molecule has 0 aliphatic rings. The standard InChI is InChI=1S/C18H21N3/c19-12-6-7-13-21-17-11-5-4-10-16(17)20-18(21)14-15-8-2-1-3-9-15/h1-5,8-11H,6-7,12-14,19H2. The van der Waals surface area contributed by atoms with Crippen LogP contribution in [0.1, 0.15) is 24.2 Å². The van der Waals surface area contributed by atoms with Gasteiger partial charge in [0.25, 0.3) is 0 Å². The summed E-state index contributed by atoms with van der Waals surface area (Å²) in [6, 6.07) is 18.9. The predicted molar refractivity (Wildman–Crippen MR) is 87.3 cm³/mol. The Balaban J connectivity index is 1.94. The second-order valence-corrected chi connectivity index (χ2v) is 5.33. The maximum absolute atomic E-state index is 5.62. The third kappa shape index (κ3) is 3.14. The van der Waals surface area contributed by atoms with Gasteiger partial charge in [-0.1, -0.05) is 42.5 Å². The first-order valence-electron chi connectivity index (χ1n) is 7.56. The van der Waals surface area contributed by atoms with E-state index in [0.29, 0.717) is 0 Å². The summed E-state index contributed by atoms with van der Waals surface area (Å²) in [5, 5.41) is 0. The minimum absolute atomic E-state index is 0.751. The van der Waals surface area contributed by atoms with Crippen molar-refractivity contribution in [2.24, 2.45) is 5.73 Å². The molecule has 0 radical (unpaired) electrons. The molecule has 3 aromatic rings. The molecule has 0 fully saturated rings. The van der Waals surface area contributed by atoms with Gasteiger partial charge in [0.15, 0.2) is 0 Å². The van der Waals surface area contributed by atoms with Crippen molar-refractivity contribution in [3.8, 4) is 0 Å². The second kappa shape index (κ2) is 6.55. The van der Waals surface area contributed by atoms with Gasteiger partial charge in [-0.05, 0) is 37.1 Å². The quantitative estimate of drug-likeness (QED) is 0.703. The fourth-order valence-electron chi connectivity index (χ4n) is 2.70. The van der Waals surface area contributed by atoms with Crippen molar-refractivity contribution in [3.05, 3.63) is 66.0 Å². The molecule has 108 valence electrons. The van der Waals surface area contributed by atoms with E-state index in [1.807, 2.05) is 12.1 Å². The third-order valence-corrected chi connectivity index (χ3v) is 3.77. The molecule has 21 heavy (non-hydrogen) atoms. The fraction of sp³-hybridized carbons (Fsp3) is 0.278. The van der Waals surface area contributed by atoms with Gasteiger partial charge in [-0.25, -0.2) is 4.98 Å². The van der Waals surface area contributed by atoms with E-state index in [4.69, 9.17) is 10.7 Å². The van der Waals surface area contributed by atoms with Gasteiger partial charge in [-0.15, -0.1) is 0 Å². The summed E-state index contributed by atoms with van der Waals surface area (Å²) < 4.78 is 2.35. The Kier molecular flexibility index (Phi) is 4.31. The van der Waals surface area contributed by atoms with Gasteiger partial charge in [0.05, 0.1) is 11.0 Å². The first kappa shape index (κ1) is 13.8. The van der Waals surface area contributed by atoms with Gasteiger partial charge >= 0.3 is 0 Å². The van der Waals surface area contributed by atoms with Crippen molar-refractivity contribution < 1.29 is 0 Å². The maximum Gasteiger partial charge on any atom is 0.114 e. The van der Waals surface area contributed by atoms with Crippen LogP contribution in [0.4, 0.5) is 0 Å². The Bertz CT molecular complexity index is 701. The average molecular weight is 279 g/mol. The normalized spacial score (nSPS) is 11.1. The van der Waals surface area contributed by atoms with Crippen LogP contribution in [0.2, 0.25) is 0 Å². The van der Waals surface area contributed by atoms with E-state index >= 15 is 0 Å². The topological polar surface area (TPSA) is 43.8 Å². The van der Waals surface area contributed by atoms with Crippen molar-refractivity contribution in [1.82, 2.24) is 9.55 Å². The zero-order chi connectivity index (χ0) is 14.5. The molecule has 2 aromatic carbocycles. The van der Waals surface area contributed by atoms with Crippen LogP contribution in [0.25, 0.3) is 11.0 Å². The van der Waals surface area contributed by atoms with Crippen LogP contribution in [-0.2, 0) is 13.0 Å². The fourth-order valence-corrected chi connectivity index (χ4v) is 2.70. The number of rotatable bonds is 6. The summed E-state index contributed by atoms with van der Waals surface area (Å²) in [5.74, 6) is 1.14. The van der Waals surface area contributed by atoms with Crippen molar-refractivity contribution in [1.29, 1.82) is 0 Å². The number of para-hydroxylation sites is 2. The van der Waals surface area contributed by atoms with E-state index in [9.17, 15) is 0 Å². The monoisotopic (exact) mass is 279 g/mol. The predicted octanol–water partition coefficient (Wildman–Crippen LogP) is 3.37. The summed E-state index contributed by atoms with van der Waals surface area (Å²) in [6.45, 7) is 1.74. The Morgan fingerprint density at radius 1 is 0.905 bits per heavy atom. The Labute approximate surface area is 125 Å². The molecule has 0 unspecified atom stereocenters. The Hall–Kier alpha value is -2.13. The average Bonchev–Trinajstić information content (AvgIpc) is 2.86. The third-order valence-electron chi connectivity index (χ3n) is 3.77. The van der Waals surface area contributed by atoms with Crippen LogP contribution in [0.15, 0.2) is 54.6 Å². The number of imidazole rings is 1. The highest BCUT2D eigenvalue weighted by molar-refractivity contribution is 5.76. The number of benzene rings is 2. The summed E-state index contributed by atoms with van der Waals surface area (Å²) in [7, 11) is 0. The number of hydrogen-bond donors (Lipinski definition) is 1. The molecule has 0 atom stereocenters. The molecule has 3 heteroatoms. The molecule has 1 aromatic heterocycles. The molecule has 0 saturated carbocycles. The van der Waals surface area contributed by atoms with Crippen molar-refractivity contribution in [2.75, 3.05) is 6.54 Å². The van der Waals surface area contributed by atoms with Crippen LogP contribution in [-0.4, -0.2) is 16.1 Å². The first-order valence-corrected chi connectivity index (χ1v) is 7.56. The van der Waals surface area contributed by atoms with Crippen molar-refractivity contribution >= 4 is 11.0 Å². The number of unbranched alkanes of at least 4 members (excludes halogenated alkanes) is 1. The zero-order valence-electron chi connectivity index (χ0n) is 12.2. The number of nitrogens with zero attached hydrogens (tertiary/aromatic N) is 2. The summed E-state index contributed by atoms with van der Waals surface area (Å²) >= 11 is 0. The lowest BCUT2D eigenvalue weighted by Crippen LogP contribution is -2.07. The summed E-state index contributed by atoms with van der Waals surface area (Å²) in [4.78, 5) is 4.82. The smallest absolute Gasteiger partial charge is 0.114 e. The molecular weight excluding hydrogens is 258 g/mol. The van der Waals surface area contributed by atoms with Gasteiger partial charge in [-0.2, -0.15) is 0 Å². The molecule has 0 bridgehead atoms.